The zero-order chi connectivity index (χ0) is 12.5. The van der Waals surface area contributed by atoms with E-state index in [1.54, 1.807) is 0 Å². The van der Waals surface area contributed by atoms with Gasteiger partial charge in [-0.2, -0.15) is 0 Å². The first-order valence-electron chi connectivity index (χ1n) is 5.72. The van der Waals surface area contributed by atoms with E-state index < -0.39 is 5.60 Å². The number of thioether (sulfide) groups is 2. The van der Waals surface area contributed by atoms with E-state index in [4.69, 9.17) is 0 Å². The fourth-order valence-electron chi connectivity index (χ4n) is 1.97. The third-order valence-corrected chi connectivity index (χ3v) is 7.58. The van der Waals surface area contributed by atoms with Crippen LogP contribution in [0.25, 0.3) is 0 Å². The van der Waals surface area contributed by atoms with E-state index in [9.17, 15) is 5.11 Å². The van der Waals surface area contributed by atoms with Crippen LogP contribution in [0.1, 0.15) is 25.8 Å². The summed E-state index contributed by atoms with van der Waals surface area (Å²) in [6.45, 7) is 4.12. The van der Waals surface area contributed by atoms with E-state index in [0.29, 0.717) is 0 Å². The first kappa shape index (κ1) is 14.0. The maximum absolute atomic E-state index is 10.9. The standard InChI is InChI=1S/C13H17IOS2/c1-12(15,10-5-3-6-11(14)9-10)13(2)16-7-4-8-17-13/h3,5-6,9,15H,4,7-8H2,1-2H3. The third kappa shape index (κ3) is 2.80. The summed E-state index contributed by atoms with van der Waals surface area (Å²) in [5.74, 6) is 2.28. The van der Waals surface area contributed by atoms with Crippen molar-refractivity contribution >= 4 is 46.1 Å². The molecule has 4 heteroatoms. The van der Waals surface area contributed by atoms with E-state index >= 15 is 0 Å². The van der Waals surface area contributed by atoms with E-state index in [2.05, 4.69) is 41.6 Å². The van der Waals surface area contributed by atoms with Crippen molar-refractivity contribution in [1.82, 2.24) is 0 Å². The maximum atomic E-state index is 10.9. The molecular weight excluding hydrogens is 363 g/mol. The Hall–Kier alpha value is 0.610. The zero-order valence-electron chi connectivity index (χ0n) is 10.1. The molecule has 0 radical (unpaired) electrons. The minimum Gasteiger partial charge on any atom is -0.383 e. The molecule has 94 valence electrons. The van der Waals surface area contributed by atoms with Gasteiger partial charge >= 0.3 is 0 Å². The molecule has 1 aliphatic heterocycles. The normalized spacial score (nSPS) is 23.1. The monoisotopic (exact) mass is 380 g/mol. The highest BCUT2D eigenvalue weighted by Gasteiger charge is 2.46. The Bertz CT molecular complexity index is 400. The number of hydrogen-bond acceptors (Lipinski definition) is 3. The molecule has 2 rings (SSSR count). The molecule has 0 aromatic heterocycles. The van der Waals surface area contributed by atoms with Gasteiger partial charge in [0, 0.05) is 3.57 Å². The lowest BCUT2D eigenvalue weighted by Gasteiger charge is -2.44. The lowest BCUT2D eigenvalue weighted by molar-refractivity contribution is 0.0487. The molecule has 0 aliphatic carbocycles. The zero-order valence-corrected chi connectivity index (χ0v) is 13.9. The van der Waals surface area contributed by atoms with Gasteiger partial charge in [0.25, 0.3) is 0 Å². The summed E-state index contributed by atoms with van der Waals surface area (Å²) in [5.41, 5.74) is 0.234. The summed E-state index contributed by atoms with van der Waals surface area (Å²) in [6, 6.07) is 8.20. The fourth-order valence-corrected chi connectivity index (χ4v) is 5.68. The Balaban J connectivity index is 2.34. The molecule has 17 heavy (non-hydrogen) atoms. The van der Waals surface area contributed by atoms with Gasteiger partial charge in [0.15, 0.2) is 0 Å². The molecule has 0 saturated carbocycles. The van der Waals surface area contributed by atoms with Crippen molar-refractivity contribution < 1.29 is 5.11 Å². The number of benzene rings is 1. The molecule has 1 aliphatic rings. The molecule has 1 atom stereocenters. The Morgan fingerprint density at radius 1 is 1.35 bits per heavy atom. The first-order chi connectivity index (χ1) is 7.96. The molecule has 1 heterocycles. The number of halogens is 1. The van der Waals surface area contributed by atoms with E-state index in [1.807, 2.05) is 42.6 Å². The Morgan fingerprint density at radius 3 is 2.59 bits per heavy atom. The van der Waals surface area contributed by atoms with Gasteiger partial charge in [-0.3, -0.25) is 0 Å². The number of aliphatic hydroxyl groups is 1. The smallest absolute Gasteiger partial charge is 0.110 e. The highest BCUT2D eigenvalue weighted by Crippen LogP contribution is 2.53. The lowest BCUT2D eigenvalue weighted by atomic mass is 9.92. The van der Waals surface area contributed by atoms with Crippen LogP contribution in [-0.4, -0.2) is 20.7 Å². The summed E-state index contributed by atoms with van der Waals surface area (Å²) in [6.07, 6.45) is 1.24. The summed E-state index contributed by atoms with van der Waals surface area (Å²) in [5, 5.41) is 10.9. The highest BCUT2D eigenvalue weighted by atomic mass is 127. The Labute approximate surface area is 125 Å². The van der Waals surface area contributed by atoms with E-state index in [0.717, 1.165) is 17.1 Å². The second-order valence-corrected chi connectivity index (χ2v) is 9.11. The topological polar surface area (TPSA) is 20.2 Å². The van der Waals surface area contributed by atoms with E-state index in [-0.39, 0.29) is 4.08 Å². The highest BCUT2D eigenvalue weighted by molar-refractivity contribution is 14.1. The van der Waals surface area contributed by atoms with Crippen LogP contribution in [0.4, 0.5) is 0 Å². The molecule has 1 saturated heterocycles. The summed E-state index contributed by atoms with van der Waals surface area (Å²) >= 11 is 6.06. The van der Waals surface area contributed by atoms with Crippen molar-refractivity contribution in [3.8, 4) is 0 Å². The molecule has 0 bridgehead atoms. The molecule has 1 aromatic carbocycles. The van der Waals surface area contributed by atoms with Crippen LogP contribution in [0.5, 0.6) is 0 Å². The molecule has 0 spiro atoms. The van der Waals surface area contributed by atoms with Crippen LogP contribution in [-0.2, 0) is 5.60 Å². The molecule has 1 nitrogen and oxygen atoms in total. The van der Waals surface area contributed by atoms with Gasteiger partial charge in [-0.05, 0) is 72.1 Å². The van der Waals surface area contributed by atoms with Crippen LogP contribution in [0, 0.1) is 3.57 Å². The van der Waals surface area contributed by atoms with Gasteiger partial charge in [-0.15, -0.1) is 23.5 Å². The average Bonchev–Trinajstić information content (AvgIpc) is 2.30. The van der Waals surface area contributed by atoms with Gasteiger partial charge in [-0.1, -0.05) is 12.1 Å². The maximum Gasteiger partial charge on any atom is 0.110 e. The van der Waals surface area contributed by atoms with Crippen LogP contribution >= 0.6 is 46.1 Å². The SMILES string of the molecule is CC1(C(C)(O)c2cccc(I)c2)SCCCS1. The van der Waals surface area contributed by atoms with Crippen molar-refractivity contribution in [1.29, 1.82) is 0 Å². The Morgan fingerprint density at radius 2 is 2.00 bits per heavy atom. The second kappa shape index (κ2) is 5.31. The molecule has 1 unspecified atom stereocenters. The predicted molar refractivity (Wildman–Crippen MR) is 86.7 cm³/mol. The second-order valence-electron chi connectivity index (χ2n) is 4.58. The first-order valence-corrected chi connectivity index (χ1v) is 8.77. The van der Waals surface area contributed by atoms with Gasteiger partial charge in [0.05, 0.1) is 4.08 Å². The Kier molecular flexibility index (Phi) is 4.38. The van der Waals surface area contributed by atoms with Crippen molar-refractivity contribution in [3.63, 3.8) is 0 Å². The van der Waals surface area contributed by atoms with Gasteiger partial charge < -0.3 is 5.11 Å². The minimum absolute atomic E-state index is 0.143. The summed E-state index contributed by atoms with van der Waals surface area (Å²) in [7, 11) is 0. The lowest BCUT2D eigenvalue weighted by Crippen LogP contribution is -2.44. The van der Waals surface area contributed by atoms with Crippen molar-refractivity contribution in [3.05, 3.63) is 33.4 Å². The largest absolute Gasteiger partial charge is 0.383 e. The average molecular weight is 380 g/mol. The van der Waals surface area contributed by atoms with Crippen molar-refractivity contribution in [2.75, 3.05) is 11.5 Å². The van der Waals surface area contributed by atoms with Crippen LogP contribution in [0.3, 0.4) is 0 Å². The van der Waals surface area contributed by atoms with Crippen LogP contribution in [0.2, 0.25) is 0 Å². The summed E-state index contributed by atoms with van der Waals surface area (Å²) in [4.78, 5) is 0. The molecule has 1 N–H and O–H groups in total. The van der Waals surface area contributed by atoms with Crippen molar-refractivity contribution in [2.45, 2.75) is 29.9 Å². The predicted octanol–water partition coefficient (Wildman–Crippen LogP) is 4.09. The van der Waals surface area contributed by atoms with E-state index in [1.165, 1.54) is 9.99 Å². The number of rotatable bonds is 2. The minimum atomic E-state index is -0.788. The van der Waals surface area contributed by atoms with Crippen molar-refractivity contribution in [2.24, 2.45) is 0 Å². The fraction of sp³-hybridized carbons (Fsp3) is 0.538. The third-order valence-electron chi connectivity index (χ3n) is 3.31. The van der Waals surface area contributed by atoms with Crippen LogP contribution < -0.4 is 0 Å². The van der Waals surface area contributed by atoms with Gasteiger partial charge in [0.2, 0.25) is 0 Å². The number of hydrogen-bond donors (Lipinski definition) is 1. The van der Waals surface area contributed by atoms with Crippen LogP contribution in [0.15, 0.2) is 24.3 Å². The molecule has 1 aromatic rings. The van der Waals surface area contributed by atoms with Gasteiger partial charge in [-0.25, -0.2) is 0 Å². The molecule has 1 fully saturated rings. The summed E-state index contributed by atoms with van der Waals surface area (Å²) < 4.78 is 1.03. The van der Waals surface area contributed by atoms with Gasteiger partial charge in [0.1, 0.15) is 5.60 Å². The molecule has 0 amide bonds. The quantitative estimate of drug-likeness (QED) is 0.781. The molecular formula is C13H17IOS2.